The zero-order valence-corrected chi connectivity index (χ0v) is 16.8. The number of carbonyl (C=O) groups is 1. The second kappa shape index (κ2) is 7.08. The number of carboxylic acids is 1. The lowest BCUT2D eigenvalue weighted by molar-refractivity contribution is 0.0691. The van der Waals surface area contributed by atoms with E-state index in [9.17, 15) is 19.8 Å². The van der Waals surface area contributed by atoms with E-state index in [4.69, 9.17) is 0 Å². The van der Waals surface area contributed by atoms with Crippen LogP contribution in [0.2, 0.25) is 0 Å². The number of carboxylic acid groups (broad SMARTS) is 1. The first-order chi connectivity index (χ1) is 13.8. The molecular formula is C22H25N3O4. The number of pyridine rings is 1. The van der Waals surface area contributed by atoms with E-state index in [-0.39, 0.29) is 0 Å². The zero-order valence-electron chi connectivity index (χ0n) is 16.8. The molecule has 7 nitrogen and oxygen atoms in total. The highest BCUT2D eigenvalue weighted by atomic mass is 16.4. The van der Waals surface area contributed by atoms with Crippen molar-refractivity contribution in [2.45, 2.75) is 39.7 Å². The van der Waals surface area contributed by atoms with Crippen LogP contribution in [0, 0.1) is 6.92 Å². The number of benzene rings is 1. The van der Waals surface area contributed by atoms with Gasteiger partial charge in [0.05, 0.1) is 5.69 Å². The number of nitrogens with one attached hydrogen (secondary N) is 2. The Kier molecular flexibility index (Phi) is 4.70. The van der Waals surface area contributed by atoms with Crippen molar-refractivity contribution in [3.8, 4) is 17.0 Å². The van der Waals surface area contributed by atoms with Gasteiger partial charge < -0.3 is 25.1 Å². The van der Waals surface area contributed by atoms with Crippen LogP contribution in [0.3, 0.4) is 0 Å². The Bertz CT molecular complexity index is 1190. The van der Waals surface area contributed by atoms with Gasteiger partial charge in [0.2, 0.25) is 0 Å². The predicted octanol–water partition coefficient (Wildman–Crippen LogP) is 3.18. The summed E-state index contributed by atoms with van der Waals surface area (Å²) in [5.41, 5.74) is 4.91. The fourth-order valence-electron chi connectivity index (χ4n) is 4.21. The minimum absolute atomic E-state index is 0.419. The number of H-pyrrole nitrogens is 2. The smallest absolute Gasteiger partial charge is 0.345 e. The minimum atomic E-state index is -1.42. The lowest BCUT2D eigenvalue weighted by Gasteiger charge is -2.12. The fourth-order valence-corrected chi connectivity index (χ4v) is 4.21. The molecule has 0 radical (unpaired) electrons. The van der Waals surface area contributed by atoms with Gasteiger partial charge in [0, 0.05) is 34.3 Å². The van der Waals surface area contributed by atoms with E-state index < -0.39 is 22.8 Å². The highest BCUT2D eigenvalue weighted by molar-refractivity contribution is 5.94. The van der Waals surface area contributed by atoms with Crippen molar-refractivity contribution in [2.24, 2.45) is 0 Å². The number of aromatic hydroxyl groups is 1. The van der Waals surface area contributed by atoms with Crippen molar-refractivity contribution < 1.29 is 15.0 Å². The number of aromatic nitrogens is 2. The summed E-state index contributed by atoms with van der Waals surface area (Å²) >= 11 is 0. The van der Waals surface area contributed by atoms with Gasteiger partial charge >= 0.3 is 5.97 Å². The molecule has 0 aliphatic heterocycles. The monoisotopic (exact) mass is 395 g/mol. The third-order valence-corrected chi connectivity index (χ3v) is 6.00. The van der Waals surface area contributed by atoms with E-state index in [1.165, 1.54) is 5.56 Å². The maximum absolute atomic E-state index is 12.3. The van der Waals surface area contributed by atoms with Crippen LogP contribution in [0.15, 0.2) is 16.9 Å². The topological polar surface area (TPSA) is 109 Å². The number of aromatic amines is 2. The summed E-state index contributed by atoms with van der Waals surface area (Å²) in [5.74, 6) is -1.84. The molecule has 0 bridgehead atoms. The van der Waals surface area contributed by atoms with E-state index in [1.807, 2.05) is 6.07 Å². The van der Waals surface area contributed by atoms with Crippen molar-refractivity contribution in [1.82, 2.24) is 14.9 Å². The highest BCUT2D eigenvalue weighted by Crippen LogP contribution is 2.38. The predicted molar refractivity (Wildman–Crippen MR) is 112 cm³/mol. The number of aromatic carboxylic acids is 1. The molecule has 0 saturated carbocycles. The summed E-state index contributed by atoms with van der Waals surface area (Å²) in [6.07, 6.45) is 2.06. The molecule has 152 valence electrons. The fraction of sp³-hybridized carbons (Fsp3) is 0.364. The molecule has 29 heavy (non-hydrogen) atoms. The SMILES string of the molecule is CCN(C)Cc1[nH]c2cc3c(cc2c1C)CCCc1c-3[nH]c(=O)c(C(=O)O)c1O. The van der Waals surface area contributed by atoms with Crippen LogP contribution >= 0.6 is 0 Å². The molecule has 4 rings (SSSR count). The molecule has 0 spiro atoms. The molecule has 7 heteroatoms. The first-order valence-corrected chi connectivity index (χ1v) is 9.86. The van der Waals surface area contributed by atoms with Gasteiger partial charge in [-0.05, 0) is 63.0 Å². The van der Waals surface area contributed by atoms with Crippen molar-refractivity contribution in [3.63, 3.8) is 0 Å². The van der Waals surface area contributed by atoms with Crippen LogP contribution in [0.5, 0.6) is 5.75 Å². The molecule has 1 aromatic carbocycles. The number of hydrogen-bond donors (Lipinski definition) is 4. The van der Waals surface area contributed by atoms with E-state index in [2.05, 4.69) is 41.8 Å². The molecule has 1 aliphatic carbocycles. The average molecular weight is 395 g/mol. The van der Waals surface area contributed by atoms with Gasteiger partial charge in [-0.2, -0.15) is 0 Å². The first-order valence-electron chi connectivity index (χ1n) is 9.86. The van der Waals surface area contributed by atoms with Gasteiger partial charge in [-0.1, -0.05) is 6.92 Å². The normalized spacial score (nSPS) is 13.4. The maximum Gasteiger partial charge on any atom is 0.345 e. The van der Waals surface area contributed by atoms with Crippen molar-refractivity contribution in [2.75, 3.05) is 13.6 Å². The van der Waals surface area contributed by atoms with Crippen LogP contribution in [-0.4, -0.2) is 44.6 Å². The summed E-state index contributed by atoms with van der Waals surface area (Å²) in [6, 6.07) is 4.16. The molecule has 0 saturated heterocycles. The molecular weight excluding hydrogens is 370 g/mol. The molecule has 0 amide bonds. The number of aryl methyl sites for hydroxylation is 2. The van der Waals surface area contributed by atoms with Crippen LogP contribution in [0.1, 0.15) is 46.1 Å². The Hall–Kier alpha value is -3.06. The second-order valence-corrected chi connectivity index (χ2v) is 7.80. The Morgan fingerprint density at radius 2 is 2.00 bits per heavy atom. The van der Waals surface area contributed by atoms with Crippen molar-refractivity contribution >= 4 is 16.9 Å². The summed E-state index contributed by atoms with van der Waals surface area (Å²) in [7, 11) is 2.07. The molecule has 0 fully saturated rings. The van der Waals surface area contributed by atoms with E-state index in [1.54, 1.807) is 0 Å². The average Bonchev–Trinajstić information content (AvgIpc) is 2.85. The number of rotatable bonds is 4. The Morgan fingerprint density at radius 3 is 2.69 bits per heavy atom. The Morgan fingerprint density at radius 1 is 1.24 bits per heavy atom. The van der Waals surface area contributed by atoms with Gasteiger partial charge in [-0.15, -0.1) is 0 Å². The lowest BCUT2D eigenvalue weighted by Crippen LogP contribution is -2.20. The van der Waals surface area contributed by atoms with Gasteiger partial charge in [-0.25, -0.2) is 4.79 Å². The highest BCUT2D eigenvalue weighted by Gasteiger charge is 2.26. The van der Waals surface area contributed by atoms with Crippen molar-refractivity contribution in [1.29, 1.82) is 0 Å². The number of hydrogen-bond acceptors (Lipinski definition) is 4. The minimum Gasteiger partial charge on any atom is -0.506 e. The van der Waals surface area contributed by atoms with E-state index in [0.717, 1.165) is 53.7 Å². The Balaban J connectivity index is 1.94. The van der Waals surface area contributed by atoms with Gasteiger partial charge in [0.1, 0.15) is 5.75 Å². The largest absolute Gasteiger partial charge is 0.506 e. The van der Waals surface area contributed by atoms with E-state index >= 15 is 0 Å². The summed E-state index contributed by atoms with van der Waals surface area (Å²) in [6.45, 7) is 6.00. The van der Waals surface area contributed by atoms with Crippen LogP contribution in [-0.2, 0) is 19.4 Å². The molecule has 1 aliphatic rings. The molecule has 3 aromatic rings. The summed E-state index contributed by atoms with van der Waals surface area (Å²) < 4.78 is 0. The molecule has 0 atom stereocenters. The summed E-state index contributed by atoms with van der Waals surface area (Å²) in [5, 5.41) is 21.0. The van der Waals surface area contributed by atoms with Crippen LogP contribution in [0.25, 0.3) is 22.2 Å². The van der Waals surface area contributed by atoms with Gasteiger partial charge in [0.15, 0.2) is 5.56 Å². The molecule has 2 heterocycles. The van der Waals surface area contributed by atoms with Crippen LogP contribution < -0.4 is 5.56 Å². The van der Waals surface area contributed by atoms with Crippen molar-refractivity contribution in [3.05, 3.63) is 50.4 Å². The molecule has 0 unspecified atom stereocenters. The third-order valence-electron chi connectivity index (χ3n) is 6.00. The van der Waals surface area contributed by atoms with Crippen LogP contribution in [0.4, 0.5) is 0 Å². The third kappa shape index (κ3) is 3.11. The summed E-state index contributed by atoms with van der Waals surface area (Å²) in [4.78, 5) is 32.2. The molecule has 4 N–H and O–H groups in total. The second-order valence-electron chi connectivity index (χ2n) is 7.80. The number of fused-ring (bicyclic) bond motifs is 4. The van der Waals surface area contributed by atoms with E-state index in [0.29, 0.717) is 17.7 Å². The first kappa shape index (κ1) is 19.3. The standard InChI is InChI=1S/C22H25N3O4/c1-4-25(3)10-17-11(2)14-8-12-6-5-7-13-19(15(12)9-16(14)23-17)24-21(27)18(20(13)26)22(28)29/h8-9,23H,4-7,10H2,1-3H3,(H,28,29)(H2,24,26,27). The van der Waals surface area contributed by atoms with Gasteiger partial charge in [0.25, 0.3) is 5.56 Å². The number of nitrogens with zero attached hydrogens (tertiary/aromatic N) is 1. The quantitative estimate of drug-likeness (QED) is 0.542. The maximum atomic E-state index is 12.3. The van der Waals surface area contributed by atoms with Gasteiger partial charge in [-0.3, -0.25) is 4.79 Å². The zero-order chi connectivity index (χ0) is 20.9. The Labute approximate surface area is 168 Å². The lowest BCUT2D eigenvalue weighted by atomic mass is 9.97. The molecule has 2 aromatic heterocycles.